The quantitative estimate of drug-likeness (QED) is 0.752. The topological polar surface area (TPSA) is 65.2 Å². The molecule has 0 radical (unpaired) electrons. The highest BCUT2D eigenvalue weighted by atomic mass is 32.1. The minimum Gasteiger partial charge on any atom is -0.496 e. The lowest BCUT2D eigenvalue weighted by molar-refractivity contribution is -0.112. The Kier molecular flexibility index (Phi) is 3.89. The number of amides is 1. The molecule has 2 aromatic carbocycles. The molecule has 1 heterocycles. The second-order valence-corrected chi connectivity index (χ2v) is 5.68. The largest absolute Gasteiger partial charge is 0.496 e. The highest BCUT2D eigenvalue weighted by Gasteiger charge is 2.14. The Hall–Kier alpha value is -2.66. The smallest absolute Gasteiger partial charge is 0.251 e. The molecule has 110 valence electrons. The van der Waals surface area contributed by atoms with Crippen molar-refractivity contribution in [1.29, 1.82) is 0 Å². The summed E-state index contributed by atoms with van der Waals surface area (Å²) in [6.07, 6.45) is 1.72. The zero-order valence-electron chi connectivity index (χ0n) is 11.9. The van der Waals surface area contributed by atoms with E-state index in [1.165, 1.54) is 11.3 Å². The summed E-state index contributed by atoms with van der Waals surface area (Å²) in [7, 11) is 1.59. The normalized spacial score (nSPS) is 11.6. The van der Waals surface area contributed by atoms with Gasteiger partial charge in [-0.2, -0.15) is 0 Å². The highest BCUT2D eigenvalue weighted by molar-refractivity contribution is 7.19. The van der Waals surface area contributed by atoms with Crippen molar-refractivity contribution in [2.45, 2.75) is 0 Å². The molecule has 3 aromatic rings. The van der Waals surface area contributed by atoms with Gasteiger partial charge >= 0.3 is 0 Å². The number of methoxy groups -OCH3 is 1. The van der Waals surface area contributed by atoms with E-state index < -0.39 is 5.91 Å². The first-order chi connectivity index (χ1) is 10.7. The lowest BCUT2D eigenvalue weighted by Crippen LogP contribution is -2.12. The van der Waals surface area contributed by atoms with Gasteiger partial charge in [0.15, 0.2) is 0 Å². The van der Waals surface area contributed by atoms with Gasteiger partial charge in [-0.1, -0.05) is 30.3 Å². The van der Waals surface area contributed by atoms with E-state index >= 15 is 0 Å². The minimum absolute atomic E-state index is 0.380. The Labute approximate surface area is 131 Å². The summed E-state index contributed by atoms with van der Waals surface area (Å²) in [6.45, 7) is 0. The number of ether oxygens (including phenoxy) is 1. The second-order valence-electron chi connectivity index (χ2n) is 4.65. The van der Waals surface area contributed by atoms with Crippen LogP contribution in [0.2, 0.25) is 0 Å². The number of primary amides is 1. The molecule has 4 nitrogen and oxygen atoms in total. The average Bonchev–Trinajstić information content (AvgIpc) is 2.96. The van der Waals surface area contributed by atoms with E-state index in [1.807, 2.05) is 48.5 Å². The van der Waals surface area contributed by atoms with E-state index in [0.29, 0.717) is 16.3 Å². The zero-order valence-corrected chi connectivity index (χ0v) is 12.8. The van der Waals surface area contributed by atoms with Crippen LogP contribution in [0.25, 0.3) is 21.9 Å². The molecule has 0 unspecified atom stereocenters. The maximum absolute atomic E-state index is 11.9. The van der Waals surface area contributed by atoms with Gasteiger partial charge in [-0.25, -0.2) is 4.98 Å². The van der Waals surface area contributed by atoms with Gasteiger partial charge in [0, 0.05) is 5.56 Å². The van der Waals surface area contributed by atoms with Crippen LogP contribution in [0.5, 0.6) is 5.75 Å². The predicted molar refractivity (Wildman–Crippen MR) is 89.7 cm³/mol. The van der Waals surface area contributed by atoms with Gasteiger partial charge in [0.2, 0.25) is 0 Å². The van der Waals surface area contributed by atoms with Crippen LogP contribution >= 0.6 is 11.3 Å². The van der Waals surface area contributed by atoms with Crippen LogP contribution in [0.4, 0.5) is 0 Å². The number of carbonyl (C=O) groups excluding carboxylic acids is 1. The molecule has 3 rings (SSSR count). The lowest BCUT2D eigenvalue weighted by atomic mass is 10.1. The van der Waals surface area contributed by atoms with Crippen molar-refractivity contribution in [3.8, 4) is 5.75 Å². The zero-order chi connectivity index (χ0) is 15.5. The Balaban J connectivity index is 2.13. The molecule has 5 heteroatoms. The molecule has 0 aliphatic carbocycles. The number of nitrogens with two attached hydrogens (primary N) is 1. The first kappa shape index (κ1) is 14.3. The van der Waals surface area contributed by atoms with Crippen LogP contribution < -0.4 is 10.5 Å². The standard InChI is InChI=1S/C17H14N2O2S/c1-21-14-8-4-2-6-11(14)10-12(16(18)20)17-19-13-7-3-5-9-15(13)22-17/h2-10H,1H3,(H2,18,20)/b12-10-. The van der Waals surface area contributed by atoms with Crippen molar-refractivity contribution in [3.63, 3.8) is 0 Å². The fourth-order valence-electron chi connectivity index (χ4n) is 2.17. The fraction of sp³-hybridized carbons (Fsp3) is 0.0588. The molecule has 0 fully saturated rings. The van der Waals surface area contributed by atoms with Gasteiger partial charge in [-0.15, -0.1) is 11.3 Å². The van der Waals surface area contributed by atoms with E-state index in [0.717, 1.165) is 15.8 Å². The van der Waals surface area contributed by atoms with E-state index in [9.17, 15) is 4.79 Å². The van der Waals surface area contributed by atoms with Crippen LogP contribution in [0.15, 0.2) is 48.5 Å². The van der Waals surface area contributed by atoms with Crippen molar-refractivity contribution >= 4 is 39.1 Å². The Bertz CT molecular complexity index is 835. The molecule has 0 spiro atoms. The molecule has 1 amide bonds. The number of hydrogen-bond acceptors (Lipinski definition) is 4. The average molecular weight is 310 g/mol. The third-order valence-electron chi connectivity index (χ3n) is 3.23. The number of para-hydroxylation sites is 2. The predicted octanol–water partition coefficient (Wildman–Crippen LogP) is 3.33. The Morgan fingerprint density at radius 3 is 2.64 bits per heavy atom. The van der Waals surface area contributed by atoms with Crippen LogP contribution in [0, 0.1) is 0 Å². The van der Waals surface area contributed by atoms with Gasteiger partial charge < -0.3 is 10.5 Å². The second kappa shape index (κ2) is 5.99. The summed E-state index contributed by atoms with van der Waals surface area (Å²) in [5.41, 5.74) is 7.57. The number of carbonyl (C=O) groups is 1. The van der Waals surface area contributed by atoms with Gasteiger partial charge in [0.1, 0.15) is 10.8 Å². The van der Waals surface area contributed by atoms with Gasteiger partial charge in [0.05, 0.1) is 22.9 Å². The summed E-state index contributed by atoms with van der Waals surface area (Å²) in [4.78, 5) is 16.4. The molecular formula is C17H14N2O2S. The third-order valence-corrected chi connectivity index (χ3v) is 4.30. The summed E-state index contributed by atoms with van der Waals surface area (Å²) < 4.78 is 6.33. The van der Waals surface area contributed by atoms with E-state index in [2.05, 4.69) is 4.98 Å². The summed E-state index contributed by atoms with van der Waals surface area (Å²) >= 11 is 1.45. The molecule has 0 aliphatic heterocycles. The number of thiazole rings is 1. The maximum atomic E-state index is 11.9. The third kappa shape index (κ3) is 2.71. The Morgan fingerprint density at radius 2 is 1.91 bits per heavy atom. The molecule has 0 saturated carbocycles. The summed E-state index contributed by atoms with van der Waals surface area (Å²) in [6, 6.07) is 15.2. The Morgan fingerprint density at radius 1 is 1.18 bits per heavy atom. The van der Waals surface area contributed by atoms with E-state index in [4.69, 9.17) is 10.5 Å². The number of benzene rings is 2. The number of rotatable bonds is 4. The first-order valence-corrected chi connectivity index (χ1v) is 7.51. The van der Waals surface area contributed by atoms with Crippen molar-refractivity contribution in [1.82, 2.24) is 4.98 Å². The van der Waals surface area contributed by atoms with Crippen molar-refractivity contribution in [2.24, 2.45) is 5.73 Å². The molecule has 0 aliphatic rings. The minimum atomic E-state index is -0.509. The maximum Gasteiger partial charge on any atom is 0.251 e. The lowest BCUT2D eigenvalue weighted by Gasteiger charge is -2.05. The SMILES string of the molecule is COc1ccccc1/C=C(/C(N)=O)c1nc2ccccc2s1. The van der Waals surface area contributed by atoms with E-state index in [1.54, 1.807) is 13.2 Å². The molecule has 0 atom stereocenters. The van der Waals surface area contributed by atoms with Gasteiger partial charge in [0.25, 0.3) is 5.91 Å². The van der Waals surface area contributed by atoms with Crippen LogP contribution in [-0.2, 0) is 4.79 Å². The fourth-order valence-corrected chi connectivity index (χ4v) is 3.15. The van der Waals surface area contributed by atoms with Gasteiger partial charge in [-0.05, 0) is 24.3 Å². The molecular weight excluding hydrogens is 296 g/mol. The first-order valence-electron chi connectivity index (χ1n) is 6.69. The number of fused-ring (bicyclic) bond motifs is 1. The van der Waals surface area contributed by atoms with Crippen LogP contribution in [0.1, 0.15) is 10.6 Å². The van der Waals surface area contributed by atoms with Gasteiger partial charge in [-0.3, -0.25) is 4.79 Å². The molecule has 0 bridgehead atoms. The van der Waals surface area contributed by atoms with Crippen LogP contribution in [0.3, 0.4) is 0 Å². The van der Waals surface area contributed by atoms with E-state index in [-0.39, 0.29) is 0 Å². The number of aromatic nitrogens is 1. The summed E-state index contributed by atoms with van der Waals surface area (Å²) in [5, 5.41) is 0.611. The van der Waals surface area contributed by atoms with Crippen molar-refractivity contribution in [3.05, 3.63) is 59.1 Å². The molecule has 0 saturated heterocycles. The molecule has 22 heavy (non-hydrogen) atoms. The number of nitrogens with zero attached hydrogens (tertiary/aromatic N) is 1. The number of hydrogen-bond donors (Lipinski definition) is 1. The summed E-state index contributed by atoms with van der Waals surface area (Å²) in [5.74, 6) is 0.173. The highest BCUT2D eigenvalue weighted by Crippen LogP contribution is 2.30. The van der Waals surface area contributed by atoms with Crippen LogP contribution in [-0.4, -0.2) is 18.0 Å². The molecule has 1 aromatic heterocycles. The molecule has 2 N–H and O–H groups in total. The monoisotopic (exact) mass is 310 g/mol. The van der Waals surface area contributed by atoms with Crippen molar-refractivity contribution < 1.29 is 9.53 Å². The van der Waals surface area contributed by atoms with Crippen molar-refractivity contribution in [2.75, 3.05) is 7.11 Å².